The van der Waals surface area contributed by atoms with Crippen LogP contribution in [0.5, 0.6) is 5.75 Å². The summed E-state index contributed by atoms with van der Waals surface area (Å²) in [6.07, 6.45) is 6.23. The first-order valence-corrected chi connectivity index (χ1v) is 5.86. The number of aryl methyl sites for hydroxylation is 1. The topological polar surface area (TPSA) is 32.3 Å². The molecule has 0 saturated carbocycles. The van der Waals surface area contributed by atoms with Crippen molar-refractivity contribution in [3.63, 3.8) is 0 Å². The Morgan fingerprint density at radius 3 is 3.00 bits per heavy atom. The van der Waals surface area contributed by atoms with Crippen LogP contribution in [0.15, 0.2) is 24.3 Å². The molecule has 1 heterocycles. The lowest BCUT2D eigenvalue weighted by Crippen LogP contribution is -2.34. The summed E-state index contributed by atoms with van der Waals surface area (Å²) in [5.41, 5.74) is 1.24. The van der Waals surface area contributed by atoms with E-state index < -0.39 is 0 Å². The minimum atomic E-state index is 0.379. The molecule has 15 heavy (non-hydrogen) atoms. The number of phenolic OH excluding ortho intramolecular Hbond substituents is 1. The van der Waals surface area contributed by atoms with Crippen molar-refractivity contribution in [1.29, 1.82) is 0 Å². The Kier molecular flexibility index (Phi) is 3.62. The van der Waals surface area contributed by atoms with E-state index in [-0.39, 0.29) is 0 Å². The van der Waals surface area contributed by atoms with E-state index in [2.05, 4.69) is 11.4 Å². The number of rotatable bonds is 3. The summed E-state index contributed by atoms with van der Waals surface area (Å²) >= 11 is 0. The van der Waals surface area contributed by atoms with Gasteiger partial charge in [0, 0.05) is 6.04 Å². The molecule has 2 N–H and O–H groups in total. The van der Waals surface area contributed by atoms with Crippen molar-refractivity contribution in [2.24, 2.45) is 0 Å². The van der Waals surface area contributed by atoms with Crippen LogP contribution < -0.4 is 5.32 Å². The van der Waals surface area contributed by atoms with Crippen LogP contribution in [0.3, 0.4) is 0 Å². The second-order valence-corrected chi connectivity index (χ2v) is 4.36. The lowest BCUT2D eigenvalue weighted by molar-refractivity contribution is 0.382. The molecule has 1 aliphatic rings. The first-order valence-electron chi connectivity index (χ1n) is 5.86. The van der Waals surface area contributed by atoms with E-state index in [0.29, 0.717) is 11.8 Å². The molecule has 1 aliphatic heterocycles. The normalized spacial score (nSPS) is 21.5. The van der Waals surface area contributed by atoms with Gasteiger partial charge in [0.2, 0.25) is 0 Å². The maximum Gasteiger partial charge on any atom is 0.115 e. The number of benzene rings is 1. The van der Waals surface area contributed by atoms with Gasteiger partial charge in [0.15, 0.2) is 0 Å². The van der Waals surface area contributed by atoms with E-state index >= 15 is 0 Å². The minimum Gasteiger partial charge on any atom is -0.508 e. The van der Waals surface area contributed by atoms with Crippen LogP contribution >= 0.6 is 0 Å². The molecule has 2 nitrogen and oxygen atoms in total. The molecular formula is C13H19NO. The number of nitrogens with one attached hydrogen (secondary N) is 1. The van der Waals surface area contributed by atoms with Crippen LogP contribution in [0.1, 0.15) is 31.2 Å². The smallest absolute Gasteiger partial charge is 0.115 e. The Balaban J connectivity index is 1.81. The second-order valence-electron chi connectivity index (χ2n) is 4.36. The zero-order valence-corrected chi connectivity index (χ0v) is 9.08. The molecule has 2 heteroatoms. The van der Waals surface area contributed by atoms with Crippen LogP contribution in [0.4, 0.5) is 0 Å². The SMILES string of the molecule is Oc1cccc(CCC2CCCCN2)c1. The highest BCUT2D eigenvalue weighted by Gasteiger charge is 2.11. The van der Waals surface area contributed by atoms with Crippen molar-refractivity contribution in [3.05, 3.63) is 29.8 Å². The van der Waals surface area contributed by atoms with Crippen molar-refractivity contribution in [1.82, 2.24) is 5.32 Å². The van der Waals surface area contributed by atoms with Crippen molar-refractivity contribution in [2.45, 2.75) is 38.1 Å². The fourth-order valence-corrected chi connectivity index (χ4v) is 2.22. The molecule has 1 unspecified atom stereocenters. The Bertz CT molecular complexity index is 305. The predicted molar refractivity (Wildman–Crippen MR) is 62.1 cm³/mol. The molecule has 0 amide bonds. The molecule has 1 fully saturated rings. The standard InChI is InChI=1S/C13H19NO/c15-13-6-3-4-11(10-13)7-8-12-5-1-2-9-14-12/h3-4,6,10,12,14-15H,1-2,5,7-9H2. The molecule has 0 aliphatic carbocycles. The summed E-state index contributed by atoms with van der Waals surface area (Å²) in [6, 6.07) is 8.27. The Hall–Kier alpha value is -1.02. The van der Waals surface area contributed by atoms with Crippen molar-refractivity contribution in [2.75, 3.05) is 6.54 Å². The van der Waals surface area contributed by atoms with Gasteiger partial charge in [-0.2, -0.15) is 0 Å². The molecular weight excluding hydrogens is 186 g/mol. The third-order valence-electron chi connectivity index (χ3n) is 3.10. The van der Waals surface area contributed by atoms with Crippen LogP contribution in [-0.2, 0) is 6.42 Å². The maximum atomic E-state index is 9.33. The lowest BCUT2D eigenvalue weighted by Gasteiger charge is -2.23. The van der Waals surface area contributed by atoms with Gasteiger partial charge < -0.3 is 10.4 Å². The summed E-state index contributed by atoms with van der Waals surface area (Å²) < 4.78 is 0. The summed E-state index contributed by atoms with van der Waals surface area (Å²) in [4.78, 5) is 0. The zero-order chi connectivity index (χ0) is 10.5. The number of phenols is 1. The van der Waals surface area contributed by atoms with Crippen LogP contribution in [0.2, 0.25) is 0 Å². The first-order chi connectivity index (χ1) is 7.34. The quantitative estimate of drug-likeness (QED) is 0.794. The number of aromatic hydroxyl groups is 1. The molecule has 2 rings (SSSR count). The van der Waals surface area contributed by atoms with E-state index in [1.807, 2.05) is 12.1 Å². The number of piperidine rings is 1. The van der Waals surface area contributed by atoms with Crippen molar-refractivity contribution >= 4 is 0 Å². The molecule has 1 aromatic carbocycles. The Morgan fingerprint density at radius 2 is 2.27 bits per heavy atom. The van der Waals surface area contributed by atoms with Gasteiger partial charge in [-0.3, -0.25) is 0 Å². The molecule has 1 atom stereocenters. The summed E-state index contributed by atoms with van der Waals surface area (Å²) in [5.74, 6) is 0.379. The molecule has 1 aromatic rings. The van der Waals surface area contributed by atoms with E-state index in [4.69, 9.17) is 0 Å². The van der Waals surface area contributed by atoms with Crippen molar-refractivity contribution in [3.8, 4) is 5.75 Å². The largest absolute Gasteiger partial charge is 0.508 e. The third-order valence-corrected chi connectivity index (χ3v) is 3.10. The maximum absolute atomic E-state index is 9.33. The molecule has 0 aromatic heterocycles. The monoisotopic (exact) mass is 205 g/mol. The molecule has 0 radical (unpaired) electrons. The molecule has 82 valence electrons. The van der Waals surface area contributed by atoms with E-state index in [1.54, 1.807) is 6.07 Å². The Morgan fingerprint density at radius 1 is 1.33 bits per heavy atom. The Labute approximate surface area is 91.3 Å². The van der Waals surface area contributed by atoms with Gasteiger partial charge in [0.25, 0.3) is 0 Å². The van der Waals surface area contributed by atoms with Crippen molar-refractivity contribution < 1.29 is 5.11 Å². The van der Waals surface area contributed by atoms with Crippen LogP contribution in [-0.4, -0.2) is 17.7 Å². The van der Waals surface area contributed by atoms with Gasteiger partial charge in [-0.05, 0) is 49.9 Å². The lowest BCUT2D eigenvalue weighted by atomic mass is 9.98. The van der Waals surface area contributed by atoms with Gasteiger partial charge in [-0.25, -0.2) is 0 Å². The van der Waals surface area contributed by atoms with Gasteiger partial charge >= 0.3 is 0 Å². The van der Waals surface area contributed by atoms with Gasteiger partial charge in [-0.15, -0.1) is 0 Å². The number of hydrogen-bond donors (Lipinski definition) is 2. The number of hydrogen-bond acceptors (Lipinski definition) is 2. The fraction of sp³-hybridized carbons (Fsp3) is 0.538. The third kappa shape index (κ3) is 3.24. The zero-order valence-electron chi connectivity index (χ0n) is 9.08. The highest BCUT2D eigenvalue weighted by molar-refractivity contribution is 5.27. The average Bonchev–Trinajstić information content (AvgIpc) is 2.28. The van der Waals surface area contributed by atoms with Gasteiger partial charge in [0.1, 0.15) is 5.75 Å². The highest BCUT2D eigenvalue weighted by Crippen LogP contribution is 2.16. The summed E-state index contributed by atoms with van der Waals surface area (Å²) in [6.45, 7) is 1.17. The minimum absolute atomic E-state index is 0.379. The molecule has 0 bridgehead atoms. The van der Waals surface area contributed by atoms with Gasteiger partial charge in [0.05, 0.1) is 0 Å². The fourth-order valence-electron chi connectivity index (χ4n) is 2.22. The van der Waals surface area contributed by atoms with E-state index in [0.717, 1.165) is 6.42 Å². The van der Waals surface area contributed by atoms with E-state index in [1.165, 1.54) is 37.8 Å². The van der Waals surface area contributed by atoms with Crippen LogP contribution in [0, 0.1) is 0 Å². The first kappa shape index (κ1) is 10.5. The molecule has 1 saturated heterocycles. The second kappa shape index (κ2) is 5.17. The van der Waals surface area contributed by atoms with Gasteiger partial charge in [-0.1, -0.05) is 18.6 Å². The summed E-state index contributed by atoms with van der Waals surface area (Å²) in [7, 11) is 0. The van der Waals surface area contributed by atoms with E-state index in [9.17, 15) is 5.11 Å². The summed E-state index contributed by atoms with van der Waals surface area (Å²) in [5, 5.41) is 12.9. The predicted octanol–water partition coefficient (Wildman–Crippen LogP) is 2.47. The van der Waals surface area contributed by atoms with Crippen LogP contribution in [0.25, 0.3) is 0 Å². The molecule has 0 spiro atoms. The highest BCUT2D eigenvalue weighted by atomic mass is 16.3. The average molecular weight is 205 g/mol.